The lowest BCUT2D eigenvalue weighted by atomic mass is 10.1. The second-order valence-corrected chi connectivity index (χ2v) is 9.01. The van der Waals surface area contributed by atoms with Crippen LogP contribution in [0.15, 0.2) is 36.4 Å². The van der Waals surface area contributed by atoms with E-state index >= 15 is 0 Å². The predicted molar refractivity (Wildman–Crippen MR) is 106 cm³/mol. The number of anilines is 2. The maximum Gasteiger partial charge on any atom is 0.416 e. The average molecular weight is 455 g/mol. The fourth-order valence-electron chi connectivity index (χ4n) is 2.81. The molecule has 0 aliphatic carbocycles. The fourth-order valence-corrected chi connectivity index (χ4v) is 4.82. The fraction of sp³-hybridized carbons (Fsp3) is 0.235. The second kappa shape index (κ2) is 7.64. The van der Waals surface area contributed by atoms with Gasteiger partial charge in [0.2, 0.25) is 0 Å². The molecule has 1 saturated heterocycles. The average Bonchev–Trinajstić information content (AvgIpc) is 2.96. The molecule has 1 heterocycles. The number of alkyl halides is 3. The van der Waals surface area contributed by atoms with E-state index in [0.717, 1.165) is 12.1 Å². The molecule has 152 valence electrons. The Morgan fingerprint density at radius 3 is 2.50 bits per heavy atom. The van der Waals surface area contributed by atoms with Gasteiger partial charge in [0.1, 0.15) is 0 Å². The zero-order valence-corrected chi connectivity index (χ0v) is 16.5. The van der Waals surface area contributed by atoms with E-state index in [0.29, 0.717) is 18.7 Å². The topological polar surface area (TPSA) is 72.8 Å². The second-order valence-electron chi connectivity index (χ2n) is 6.11. The van der Waals surface area contributed by atoms with Gasteiger partial charge in [0.05, 0.1) is 32.6 Å². The summed E-state index contributed by atoms with van der Waals surface area (Å²) in [5, 5.41) is 2.28. The molecule has 1 amide bonds. The van der Waals surface area contributed by atoms with Gasteiger partial charge in [-0.15, -0.1) is 10.8 Å². The summed E-state index contributed by atoms with van der Waals surface area (Å²) in [6, 6.07) is 6.90. The number of benzene rings is 2. The quantitative estimate of drug-likeness (QED) is 0.520. The Morgan fingerprint density at radius 2 is 1.89 bits per heavy atom. The first-order chi connectivity index (χ1) is 13.0. The van der Waals surface area contributed by atoms with Crippen LogP contribution in [0.4, 0.5) is 24.5 Å². The van der Waals surface area contributed by atoms with Gasteiger partial charge in [0, 0.05) is 12.2 Å². The van der Waals surface area contributed by atoms with Crippen LogP contribution >= 0.6 is 34.0 Å². The summed E-state index contributed by atoms with van der Waals surface area (Å²) >= 11 is 12.2. The van der Waals surface area contributed by atoms with E-state index in [1.807, 2.05) is 0 Å². The van der Waals surface area contributed by atoms with Crippen LogP contribution in [0.2, 0.25) is 10.0 Å². The molecule has 0 saturated carbocycles. The van der Waals surface area contributed by atoms with Crippen molar-refractivity contribution in [2.45, 2.75) is 12.6 Å². The van der Waals surface area contributed by atoms with E-state index in [-0.39, 0.29) is 27.0 Å². The van der Waals surface area contributed by atoms with Crippen LogP contribution < -0.4 is 9.62 Å². The van der Waals surface area contributed by atoms with Crippen LogP contribution in [-0.2, 0) is 6.18 Å². The highest BCUT2D eigenvalue weighted by Crippen LogP contribution is 2.52. The van der Waals surface area contributed by atoms with E-state index < -0.39 is 28.4 Å². The molecule has 0 bridgehead atoms. The maximum absolute atomic E-state index is 12.8. The Hall–Kier alpha value is -1.65. The van der Waals surface area contributed by atoms with Gasteiger partial charge in [0.15, 0.2) is 0 Å². The highest BCUT2D eigenvalue weighted by Gasteiger charge is 2.32. The first-order valence-electron chi connectivity index (χ1n) is 8.00. The SMILES string of the molecule is O=C(Nc1cccc(C(F)(F)F)c1)c1cc(N2CCCS2(O)O)cc(Cl)c1Cl. The Bertz CT molecular complexity index is 925. The van der Waals surface area contributed by atoms with Crippen molar-refractivity contribution in [3.63, 3.8) is 0 Å². The summed E-state index contributed by atoms with van der Waals surface area (Å²) in [5.74, 6) is -0.581. The number of rotatable bonds is 3. The molecule has 1 aliphatic heterocycles. The van der Waals surface area contributed by atoms with Crippen molar-refractivity contribution in [2.24, 2.45) is 0 Å². The molecule has 11 heteroatoms. The number of hydrogen-bond acceptors (Lipinski definition) is 4. The molecule has 0 spiro atoms. The molecular formula is C17H15Cl2F3N2O3S. The van der Waals surface area contributed by atoms with Crippen LogP contribution in [0.1, 0.15) is 22.3 Å². The number of hydrogen-bond donors (Lipinski definition) is 3. The van der Waals surface area contributed by atoms with Crippen molar-refractivity contribution >= 4 is 51.3 Å². The van der Waals surface area contributed by atoms with E-state index in [1.165, 1.54) is 28.6 Å². The van der Waals surface area contributed by atoms with E-state index in [1.54, 1.807) is 0 Å². The molecule has 5 nitrogen and oxygen atoms in total. The summed E-state index contributed by atoms with van der Waals surface area (Å²) in [4.78, 5) is 12.6. The molecule has 3 rings (SSSR count). The van der Waals surface area contributed by atoms with Crippen LogP contribution in [0.5, 0.6) is 0 Å². The molecule has 0 unspecified atom stereocenters. The lowest BCUT2D eigenvalue weighted by Gasteiger charge is -2.38. The van der Waals surface area contributed by atoms with Crippen molar-refractivity contribution in [1.82, 2.24) is 0 Å². The van der Waals surface area contributed by atoms with E-state index in [9.17, 15) is 27.1 Å². The molecule has 3 N–H and O–H groups in total. The standard InChI is InChI=1S/C17H15Cl2F3N2O3S/c18-14-9-12(24-5-2-6-28(24,26)27)8-13(15(14)19)16(25)23-11-4-1-3-10(7-11)17(20,21)22/h1,3-4,7-9,26-27H,2,5-6H2,(H,23,25). The van der Waals surface area contributed by atoms with Gasteiger partial charge >= 0.3 is 6.18 Å². The summed E-state index contributed by atoms with van der Waals surface area (Å²) < 4.78 is 60.1. The molecule has 1 aliphatic rings. The Morgan fingerprint density at radius 1 is 1.18 bits per heavy atom. The Kier molecular flexibility index (Phi) is 5.75. The zero-order valence-electron chi connectivity index (χ0n) is 14.1. The normalized spacial score (nSPS) is 17.5. The van der Waals surface area contributed by atoms with Crippen LogP contribution in [0, 0.1) is 0 Å². The van der Waals surface area contributed by atoms with Gasteiger partial charge < -0.3 is 5.32 Å². The number of nitrogens with one attached hydrogen (secondary N) is 1. The Labute approximate surface area is 170 Å². The van der Waals surface area contributed by atoms with Gasteiger partial charge in [-0.25, -0.2) is 0 Å². The number of halogens is 5. The molecule has 2 aromatic carbocycles. The lowest BCUT2D eigenvalue weighted by molar-refractivity contribution is -0.137. The zero-order chi connectivity index (χ0) is 20.7. The monoisotopic (exact) mass is 454 g/mol. The van der Waals surface area contributed by atoms with Crippen molar-refractivity contribution < 1.29 is 27.1 Å². The first kappa shape index (κ1) is 21.1. The summed E-state index contributed by atoms with van der Waals surface area (Å²) in [5.41, 5.74) is -0.776. The number of carbonyl (C=O) groups excluding carboxylic acids is 1. The van der Waals surface area contributed by atoms with Crippen LogP contribution in [0.3, 0.4) is 0 Å². The summed E-state index contributed by atoms with van der Waals surface area (Å²) in [6.45, 7) is 0.356. The van der Waals surface area contributed by atoms with Crippen molar-refractivity contribution in [2.75, 3.05) is 21.9 Å². The smallest absolute Gasteiger partial charge is 0.322 e. The summed E-state index contributed by atoms with van der Waals surface area (Å²) in [6.07, 6.45) is -4.00. The lowest BCUT2D eigenvalue weighted by Crippen LogP contribution is -2.22. The third-order valence-corrected chi connectivity index (χ3v) is 6.86. The largest absolute Gasteiger partial charge is 0.416 e. The minimum Gasteiger partial charge on any atom is -0.322 e. The number of amides is 1. The summed E-state index contributed by atoms with van der Waals surface area (Å²) in [7, 11) is -3.02. The van der Waals surface area contributed by atoms with Gasteiger partial charge in [-0.1, -0.05) is 29.3 Å². The molecule has 0 radical (unpaired) electrons. The number of nitrogens with zero attached hydrogens (tertiary/aromatic N) is 1. The first-order valence-corrected chi connectivity index (χ1v) is 10.4. The van der Waals surface area contributed by atoms with Crippen LogP contribution in [0.25, 0.3) is 0 Å². The highest BCUT2D eigenvalue weighted by molar-refractivity contribution is 8.25. The minimum atomic E-state index is -4.55. The molecule has 1 fully saturated rings. The molecule has 0 aromatic heterocycles. The molecule has 2 aromatic rings. The molecule has 28 heavy (non-hydrogen) atoms. The van der Waals surface area contributed by atoms with Gasteiger partial charge in [-0.3, -0.25) is 18.2 Å². The Balaban J connectivity index is 1.92. The molecule has 0 atom stereocenters. The van der Waals surface area contributed by atoms with Crippen molar-refractivity contribution in [3.8, 4) is 0 Å². The molecular weight excluding hydrogens is 440 g/mol. The van der Waals surface area contributed by atoms with Gasteiger partial charge in [-0.05, 0) is 36.8 Å². The van der Waals surface area contributed by atoms with Crippen LogP contribution in [-0.4, -0.2) is 27.3 Å². The third kappa shape index (κ3) is 4.33. The number of carbonyl (C=O) groups is 1. The minimum absolute atomic E-state index is 0.00968. The van der Waals surface area contributed by atoms with Gasteiger partial charge in [-0.2, -0.15) is 13.2 Å². The van der Waals surface area contributed by atoms with E-state index in [4.69, 9.17) is 23.2 Å². The predicted octanol–water partition coefficient (Wildman–Crippen LogP) is 6.14. The third-order valence-electron chi connectivity index (χ3n) is 4.13. The van der Waals surface area contributed by atoms with E-state index in [2.05, 4.69) is 5.32 Å². The van der Waals surface area contributed by atoms with Gasteiger partial charge in [0.25, 0.3) is 5.91 Å². The van der Waals surface area contributed by atoms with Crippen molar-refractivity contribution in [1.29, 1.82) is 0 Å². The maximum atomic E-state index is 12.8. The highest BCUT2D eigenvalue weighted by atomic mass is 35.5. The van der Waals surface area contributed by atoms with Crippen molar-refractivity contribution in [3.05, 3.63) is 57.6 Å².